The molecule has 0 spiro atoms. The molecule has 0 bridgehead atoms. The molecule has 0 saturated heterocycles. The largest absolute Gasteiger partial charge is 0.454 e. The van der Waals surface area contributed by atoms with E-state index in [2.05, 4.69) is 4.98 Å². The summed E-state index contributed by atoms with van der Waals surface area (Å²) in [4.78, 5) is 4.30. The van der Waals surface area contributed by atoms with E-state index in [9.17, 15) is 0 Å². The molecule has 1 unspecified atom stereocenters. The molecule has 0 aliphatic heterocycles. The first kappa shape index (κ1) is 13.8. The molecule has 3 nitrogen and oxygen atoms in total. The molecule has 1 aromatic heterocycles. The van der Waals surface area contributed by atoms with E-state index in [1.54, 1.807) is 6.20 Å². The number of halogens is 1. The van der Waals surface area contributed by atoms with Gasteiger partial charge in [0.1, 0.15) is 11.5 Å². The van der Waals surface area contributed by atoms with Crippen molar-refractivity contribution >= 4 is 11.6 Å². The van der Waals surface area contributed by atoms with Gasteiger partial charge in [-0.3, -0.25) is 4.98 Å². The van der Waals surface area contributed by atoms with E-state index < -0.39 is 0 Å². The Morgan fingerprint density at radius 2 is 2.11 bits per heavy atom. The minimum atomic E-state index is -0.0305. The van der Waals surface area contributed by atoms with Gasteiger partial charge in [0.15, 0.2) is 0 Å². The third kappa shape index (κ3) is 3.46. The topological polar surface area (TPSA) is 48.1 Å². The fraction of sp³-hybridized carbons (Fsp3) is 0.267. The third-order valence-electron chi connectivity index (χ3n) is 2.89. The summed E-state index contributed by atoms with van der Waals surface area (Å²) in [6.07, 6.45) is 2.53. The molecule has 0 amide bonds. The Kier molecular flexibility index (Phi) is 4.40. The number of benzene rings is 1. The minimum absolute atomic E-state index is 0.0305. The number of hydrogen-bond donors (Lipinski definition) is 1. The van der Waals surface area contributed by atoms with Crippen molar-refractivity contribution in [2.24, 2.45) is 5.73 Å². The summed E-state index contributed by atoms with van der Waals surface area (Å²) in [7, 11) is 0. The van der Waals surface area contributed by atoms with Crippen LogP contribution >= 0.6 is 11.6 Å². The molecule has 2 N–H and O–H groups in total. The predicted molar refractivity (Wildman–Crippen MR) is 77.7 cm³/mol. The monoisotopic (exact) mass is 276 g/mol. The van der Waals surface area contributed by atoms with E-state index in [1.165, 1.54) is 0 Å². The van der Waals surface area contributed by atoms with E-state index in [4.69, 9.17) is 22.1 Å². The second kappa shape index (κ2) is 6.04. The molecule has 100 valence electrons. The summed E-state index contributed by atoms with van der Waals surface area (Å²) in [5.74, 6) is 1.28. The van der Waals surface area contributed by atoms with Crippen LogP contribution in [0.15, 0.2) is 36.5 Å². The van der Waals surface area contributed by atoms with Gasteiger partial charge in [0.2, 0.25) is 0 Å². The summed E-state index contributed by atoms with van der Waals surface area (Å²) in [6.45, 7) is 4.01. The van der Waals surface area contributed by atoms with Crippen LogP contribution in [0.3, 0.4) is 0 Å². The number of aryl methyl sites for hydroxylation is 1. The average Bonchev–Trinajstić information content (AvgIpc) is 2.42. The lowest BCUT2D eigenvalue weighted by Gasteiger charge is -2.10. The first-order valence-electron chi connectivity index (χ1n) is 6.25. The summed E-state index contributed by atoms with van der Waals surface area (Å²) < 4.78 is 5.70. The summed E-state index contributed by atoms with van der Waals surface area (Å²) in [5, 5.41) is 0.592. The van der Waals surface area contributed by atoms with E-state index in [-0.39, 0.29) is 6.04 Å². The zero-order valence-corrected chi connectivity index (χ0v) is 11.8. The van der Waals surface area contributed by atoms with Crippen molar-refractivity contribution in [1.29, 1.82) is 0 Å². The van der Waals surface area contributed by atoms with Gasteiger partial charge in [0.05, 0.1) is 16.9 Å². The Labute approximate surface area is 118 Å². The molecular weight excluding hydrogens is 260 g/mol. The lowest BCUT2D eigenvalue weighted by molar-refractivity contribution is 0.479. The molecular formula is C15H17ClN2O. The molecule has 1 aromatic carbocycles. The zero-order valence-electron chi connectivity index (χ0n) is 11.1. The van der Waals surface area contributed by atoms with Crippen LogP contribution in [0.2, 0.25) is 5.02 Å². The van der Waals surface area contributed by atoms with Gasteiger partial charge in [-0.2, -0.15) is 0 Å². The van der Waals surface area contributed by atoms with Gasteiger partial charge in [0.25, 0.3) is 0 Å². The van der Waals surface area contributed by atoms with Crippen molar-refractivity contribution in [3.63, 3.8) is 0 Å². The van der Waals surface area contributed by atoms with Crippen molar-refractivity contribution in [3.05, 3.63) is 52.8 Å². The maximum atomic E-state index is 6.12. The number of pyridine rings is 1. The summed E-state index contributed by atoms with van der Waals surface area (Å²) >= 11 is 6.12. The van der Waals surface area contributed by atoms with Gasteiger partial charge < -0.3 is 10.5 Å². The standard InChI is InChI=1S/C15H17ClN2O/c1-3-13(17)14-6-5-11(9-18-14)19-15-7-4-10(2)8-12(15)16/h4-9,13H,3,17H2,1-2H3. The number of nitrogens with zero attached hydrogens (tertiary/aromatic N) is 1. The highest BCUT2D eigenvalue weighted by Gasteiger charge is 2.07. The predicted octanol–water partition coefficient (Wildman–Crippen LogP) is 4.25. The zero-order chi connectivity index (χ0) is 13.8. The van der Waals surface area contributed by atoms with Crippen molar-refractivity contribution in [3.8, 4) is 11.5 Å². The number of nitrogens with two attached hydrogens (primary N) is 1. The van der Waals surface area contributed by atoms with Gasteiger partial charge in [-0.1, -0.05) is 24.6 Å². The average molecular weight is 277 g/mol. The molecule has 1 heterocycles. The Morgan fingerprint density at radius 1 is 1.32 bits per heavy atom. The fourth-order valence-electron chi connectivity index (χ4n) is 1.70. The Bertz CT molecular complexity index is 555. The molecule has 1 atom stereocenters. The number of rotatable bonds is 4. The van der Waals surface area contributed by atoms with Crippen LogP contribution < -0.4 is 10.5 Å². The van der Waals surface area contributed by atoms with Crippen LogP contribution in [-0.4, -0.2) is 4.98 Å². The van der Waals surface area contributed by atoms with Crippen LogP contribution in [0.25, 0.3) is 0 Å². The maximum Gasteiger partial charge on any atom is 0.146 e. The van der Waals surface area contributed by atoms with Crippen LogP contribution in [0.1, 0.15) is 30.6 Å². The highest BCUT2D eigenvalue weighted by atomic mass is 35.5. The van der Waals surface area contributed by atoms with Crippen molar-refractivity contribution in [2.75, 3.05) is 0 Å². The number of aromatic nitrogens is 1. The molecule has 4 heteroatoms. The molecule has 2 rings (SSSR count). The lowest BCUT2D eigenvalue weighted by atomic mass is 10.1. The summed E-state index contributed by atoms with van der Waals surface area (Å²) in [5.41, 5.74) is 7.88. The molecule has 0 fully saturated rings. The van der Waals surface area contributed by atoms with Gasteiger partial charge in [0, 0.05) is 6.04 Å². The van der Waals surface area contributed by atoms with Crippen molar-refractivity contribution in [2.45, 2.75) is 26.3 Å². The SMILES string of the molecule is CCC(N)c1ccc(Oc2ccc(C)cc2Cl)cn1. The fourth-order valence-corrected chi connectivity index (χ4v) is 1.97. The van der Waals surface area contributed by atoms with Crippen LogP contribution in [-0.2, 0) is 0 Å². The molecule has 2 aromatic rings. The van der Waals surface area contributed by atoms with E-state index in [0.717, 1.165) is 17.7 Å². The first-order chi connectivity index (χ1) is 9.10. The van der Waals surface area contributed by atoms with E-state index >= 15 is 0 Å². The molecule has 0 saturated carbocycles. The van der Waals surface area contributed by atoms with Gasteiger partial charge in [-0.15, -0.1) is 0 Å². The second-order valence-corrected chi connectivity index (χ2v) is 4.88. The van der Waals surface area contributed by atoms with Gasteiger partial charge in [-0.05, 0) is 43.2 Å². The molecule has 0 aliphatic carbocycles. The van der Waals surface area contributed by atoms with Crippen molar-refractivity contribution < 1.29 is 4.74 Å². The second-order valence-electron chi connectivity index (χ2n) is 4.47. The van der Waals surface area contributed by atoms with E-state index in [0.29, 0.717) is 16.5 Å². The number of hydrogen-bond acceptors (Lipinski definition) is 3. The smallest absolute Gasteiger partial charge is 0.146 e. The Morgan fingerprint density at radius 3 is 2.68 bits per heavy atom. The Hall–Kier alpha value is -1.58. The third-order valence-corrected chi connectivity index (χ3v) is 3.19. The van der Waals surface area contributed by atoms with Crippen LogP contribution in [0.4, 0.5) is 0 Å². The molecule has 19 heavy (non-hydrogen) atoms. The minimum Gasteiger partial charge on any atom is -0.454 e. The van der Waals surface area contributed by atoms with Crippen LogP contribution in [0.5, 0.6) is 11.5 Å². The molecule has 0 aliphatic rings. The van der Waals surface area contributed by atoms with Crippen LogP contribution in [0, 0.1) is 6.92 Å². The summed E-state index contributed by atoms with van der Waals surface area (Å²) in [6, 6.07) is 9.38. The highest BCUT2D eigenvalue weighted by Crippen LogP contribution is 2.29. The number of ether oxygens (including phenoxy) is 1. The maximum absolute atomic E-state index is 6.12. The molecule has 0 radical (unpaired) electrons. The lowest BCUT2D eigenvalue weighted by Crippen LogP contribution is -2.10. The first-order valence-corrected chi connectivity index (χ1v) is 6.63. The quantitative estimate of drug-likeness (QED) is 0.908. The Balaban J connectivity index is 2.15. The highest BCUT2D eigenvalue weighted by molar-refractivity contribution is 6.32. The van der Waals surface area contributed by atoms with Gasteiger partial charge >= 0.3 is 0 Å². The van der Waals surface area contributed by atoms with E-state index in [1.807, 2.05) is 44.2 Å². The normalized spacial score (nSPS) is 12.2. The van der Waals surface area contributed by atoms with Gasteiger partial charge in [-0.25, -0.2) is 0 Å². The van der Waals surface area contributed by atoms with Crippen molar-refractivity contribution in [1.82, 2.24) is 4.98 Å².